The molecule has 0 aliphatic carbocycles. The van der Waals surface area contributed by atoms with Crippen molar-refractivity contribution in [2.24, 2.45) is 0 Å². The molecule has 8 nitrogen and oxygen atoms in total. The summed E-state index contributed by atoms with van der Waals surface area (Å²) in [6.07, 6.45) is 3.74. The molecule has 8 heteroatoms. The minimum atomic E-state index is -0.0812. The lowest BCUT2D eigenvalue weighted by atomic mass is 10.1. The molecule has 3 heterocycles. The number of nitrogens with zero attached hydrogens (tertiary/aromatic N) is 4. The van der Waals surface area contributed by atoms with Gasteiger partial charge in [-0.2, -0.15) is 0 Å². The molecular formula is C22H28N6O2. The zero-order chi connectivity index (χ0) is 20.9. The molecule has 1 saturated heterocycles. The van der Waals surface area contributed by atoms with Gasteiger partial charge in [0, 0.05) is 43.5 Å². The molecule has 1 aromatic carbocycles. The molecule has 0 saturated carbocycles. The normalized spacial score (nSPS) is 14.9. The number of carbonyl (C=O) groups is 1. The minimum absolute atomic E-state index is 0.0812. The molecule has 3 aromatic rings. The number of aromatic nitrogens is 3. The van der Waals surface area contributed by atoms with Crippen LogP contribution in [0.15, 0.2) is 42.6 Å². The van der Waals surface area contributed by atoms with Crippen LogP contribution in [-0.2, 0) is 4.74 Å². The second-order valence-corrected chi connectivity index (χ2v) is 7.80. The molecule has 0 radical (unpaired) electrons. The lowest BCUT2D eigenvalue weighted by Gasteiger charge is -2.23. The van der Waals surface area contributed by atoms with E-state index in [1.54, 1.807) is 6.20 Å². The fraction of sp³-hybridized carbons (Fsp3) is 0.409. The summed E-state index contributed by atoms with van der Waals surface area (Å²) in [6.45, 7) is 2.96. The first-order valence-corrected chi connectivity index (χ1v) is 10.3. The Hall–Kier alpha value is -2.97. The van der Waals surface area contributed by atoms with Crippen LogP contribution in [0, 0.1) is 0 Å². The molecule has 1 amide bonds. The van der Waals surface area contributed by atoms with Crippen LogP contribution in [0.1, 0.15) is 23.2 Å². The molecule has 1 aliphatic rings. The Morgan fingerprint density at radius 1 is 1.23 bits per heavy atom. The maximum atomic E-state index is 12.5. The molecule has 30 heavy (non-hydrogen) atoms. The highest BCUT2D eigenvalue weighted by molar-refractivity contribution is 5.95. The van der Waals surface area contributed by atoms with Crippen LogP contribution in [0.3, 0.4) is 0 Å². The Bertz CT molecular complexity index is 1010. The Balaban J connectivity index is 1.55. The van der Waals surface area contributed by atoms with E-state index in [-0.39, 0.29) is 5.91 Å². The summed E-state index contributed by atoms with van der Waals surface area (Å²) in [6, 6.07) is 11.8. The van der Waals surface area contributed by atoms with Crippen molar-refractivity contribution in [1.82, 2.24) is 24.8 Å². The van der Waals surface area contributed by atoms with Gasteiger partial charge in [-0.05, 0) is 51.2 Å². The van der Waals surface area contributed by atoms with E-state index < -0.39 is 0 Å². The van der Waals surface area contributed by atoms with Gasteiger partial charge >= 0.3 is 0 Å². The lowest BCUT2D eigenvalue weighted by molar-refractivity contribution is 0.0903. The Morgan fingerprint density at radius 2 is 2.07 bits per heavy atom. The van der Waals surface area contributed by atoms with Crippen LogP contribution in [0.25, 0.3) is 16.9 Å². The van der Waals surface area contributed by atoms with Gasteiger partial charge in [-0.1, -0.05) is 12.1 Å². The fourth-order valence-electron chi connectivity index (χ4n) is 3.51. The van der Waals surface area contributed by atoms with Crippen LogP contribution in [0.5, 0.6) is 0 Å². The van der Waals surface area contributed by atoms with Gasteiger partial charge in [-0.15, -0.1) is 5.10 Å². The van der Waals surface area contributed by atoms with Crippen molar-refractivity contribution < 1.29 is 9.53 Å². The molecule has 1 aliphatic heterocycles. The van der Waals surface area contributed by atoms with Crippen molar-refractivity contribution in [2.45, 2.75) is 18.9 Å². The van der Waals surface area contributed by atoms with Gasteiger partial charge in [0.05, 0.1) is 11.9 Å². The van der Waals surface area contributed by atoms with Crippen LogP contribution in [-0.4, -0.2) is 71.8 Å². The second kappa shape index (κ2) is 9.23. The zero-order valence-corrected chi connectivity index (χ0v) is 17.5. The molecule has 0 bridgehead atoms. The van der Waals surface area contributed by atoms with E-state index in [1.807, 2.05) is 59.9 Å². The van der Waals surface area contributed by atoms with Gasteiger partial charge in [0.1, 0.15) is 5.82 Å². The summed E-state index contributed by atoms with van der Waals surface area (Å²) in [7, 11) is 3.96. The smallest absolute Gasteiger partial charge is 0.251 e. The van der Waals surface area contributed by atoms with Crippen molar-refractivity contribution in [3.63, 3.8) is 0 Å². The summed E-state index contributed by atoms with van der Waals surface area (Å²) in [5.74, 6) is 0.730. The van der Waals surface area contributed by atoms with E-state index >= 15 is 0 Å². The van der Waals surface area contributed by atoms with Crippen molar-refractivity contribution in [2.75, 3.05) is 45.7 Å². The van der Waals surface area contributed by atoms with Crippen molar-refractivity contribution >= 4 is 17.4 Å². The lowest BCUT2D eigenvalue weighted by Crippen LogP contribution is -2.31. The maximum absolute atomic E-state index is 12.5. The first-order valence-electron chi connectivity index (χ1n) is 10.3. The highest BCUT2D eigenvalue weighted by Gasteiger charge is 2.15. The van der Waals surface area contributed by atoms with E-state index in [4.69, 9.17) is 9.84 Å². The Labute approximate surface area is 176 Å². The predicted molar refractivity (Wildman–Crippen MR) is 117 cm³/mol. The van der Waals surface area contributed by atoms with E-state index in [0.717, 1.165) is 55.3 Å². The van der Waals surface area contributed by atoms with Gasteiger partial charge < -0.3 is 20.3 Å². The number of hydrogen-bond donors (Lipinski definition) is 2. The largest absolute Gasteiger partial charge is 0.381 e. The van der Waals surface area contributed by atoms with Gasteiger partial charge in [0.15, 0.2) is 5.65 Å². The number of amides is 1. The third kappa shape index (κ3) is 4.77. The number of ether oxygens (including phenoxy) is 1. The SMILES string of the molecule is CN(C)CCNC(=O)c1cccc(-c2cnc3ccc(NC4CCOCC4)nn23)c1. The number of carbonyl (C=O) groups excluding carboxylic acids is 1. The highest BCUT2D eigenvalue weighted by Crippen LogP contribution is 2.23. The zero-order valence-electron chi connectivity index (χ0n) is 17.5. The summed E-state index contributed by atoms with van der Waals surface area (Å²) < 4.78 is 7.25. The van der Waals surface area contributed by atoms with E-state index in [0.29, 0.717) is 18.2 Å². The van der Waals surface area contributed by atoms with E-state index in [2.05, 4.69) is 15.6 Å². The van der Waals surface area contributed by atoms with Crippen molar-refractivity contribution in [3.05, 3.63) is 48.2 Å². The number of nitrogens with one attached hydrogen (secondary N) is 2. The molecule has 0 spiro atoms. The monoisotopic (exact) mass is 408 g/mol. The maximum Gasteiger partial charge on any atom is 0.251 e. The topological polar surface area (TPSA) is 83.8 Å². The molecule has 1 fully saturated rings. The van der Waals surface area contributed by atoms with E-state index in [9.17, 15) is 4.79 Å². The minimum Gasteiger partial charge on any atom is -0.381 e. The summed E-state index contributed by atoms with van der Waals surface area (Å²) >= 11 is 0. The van der Waals surface area contributed by atoms with Crippen LogP contribution in [0.2, 0.25) is 0 Å². The average molecular weight is 409 g/mol. The number of benzene rings is 1. The standard InChI is InChI=1S/C22H28N6O2/c1-27(2)11-10-23-22(29)17-5-3-4-16(14-17)19-15-24-21-7-6-20(26-28(19)21)25-18-8-12-30-13-9-18/h3-7,14-15,18H,8-13H2,1-2H3,(H,23,29)(H,25,26). The molecule has 2 aromatic heterocycles. The average Bonchev–Trinajstić information content (AvgIpc) is 3.17. The molecule has 2 N–H and O–H groups in total. The van der Waals surface area contributed by atoms with Crippen molar-refractivity contribution in [1.29, 1.82) is 0 Å². The number of anilines is 1. The first-order chi connectivity index (χ1) is 14.6. The quantitative estimate of drug-likeness (QED) is 0.624. The van der Waals surface area contributed by atoms with Crippen LogP contribution >= 0.6 is 0 Å². The van der Waals surface area contributed by atoms with Crippen molar-refractivity contribution in [3.8, 4) is 11.3 Å². The Morgan fingerprint density at radius 3 is 2.87 bits per heavy atom. The van der Waals surface area contributed by atoms with Gasteiger partial charge in [0.2, 0.25) is 0 Å². The number of rotatable bonds is 7. The predicted octanol–water partition coefficient (Wildman–Crippen LogP) is 2.28. The number of likely N-dealkylation sites (N-methyl/N-ethyl adjacent to an activating group) is 1. The summed E-state index contributed by atoms with van der Waals surface area (Å²) in [5, 5.41) is 11.2. The van der Waals surface area contributed by atoms with Gasteiger partial charge in [-0.3, -0.25) is 4.79 Å². The van der Waals surface area contributed by atoms with Gasteiger partial charge in [-0.25, -0.2) is 9.50 Å². The molecular weight excluding hydrogens is 380 g/mol. The third-order valence-corrected chi connectivity index (χ3v) is 5.20. The summed E-state index contributed by atoms with van der Waals surface area (Å²) in [5.41, 5.74) is 3.14. The molecule has 4 rings (SSSR count). The number of imidazole rings is 1. The third-order valence-electron chi connectivity index (χ3n) is 5.20. The first kappa shape index (κ1) is 20.3. The molecule has 0 unspecified atom stereocenters. The second-order valence-electron chi connectivity index (χ2n) is 7.80. The van der Waals surface area contributed by atoms with Crippen LogP contribution < -0.4 is 10.6 Å². The number of hydrogen-bond acceptors (Lipinski definition) is 6. The van der Waals surface area contributed by atoms with Gasteiger partial charge in [0.25, 0.3) is 5.91 Å². The molecule has 0 atom stereocenters. The highest BCUT2D eigenvalue weighted by atomic mass is 16.5. The summed E-state index contributed by atoms with van der Waals surface area (Å²) in [4.78, 5) is 19.0. The molecule has 158 valence electrons. The van der Waals surface area contributed by atoms with Crippen LogP contribution in [0.4, 0.5) is 5.82 Å². The number of fused-ring (bicyclic) bond motifs is 1. The van der Waals surface area contributed by atoms with E-state index in [1.165, 1.54) is 0 Å². The fourth-order valence-corrected chi connectivity index (χ4v) is 3.51. The Kier molecular flexibility index (Phi) is 6.25.